The van der Waals surface area contributed by atoms with E-state index >= 15 is 0 Å². The average Bonchev–Trinajstić information content (AvgIpc) is 3.39. The zero-order valence-electron chi connectivity index (χ0n) is 14.4. The van der Waals surface area contributed by atoms with E-state index in [0.29, 0.717) is 18.3 Å². The second-order valence-electron chi connectivity index (χ2n) is 6.25. The molecule has 3 aromatic rings. The van der Waals surface area contributed by atoms with Crippen molar-refractivity contribution in [3.63, 3.8) is 0 Å². The van der Waals surface area contributed by atoms with E-state index in [9.17, 15) is 4.79 Å². The van der Waals surface area contributed by atoms with E-state index in [-0.39, 0.29) is 11.8 Å². The van der Waals surface area contributed by atoms with Crippen molar-refractivity contribution in [2.24, 2.45) is 0 Å². The van der Waals surface area contributed by atoms with Gasteiger partial charge >= 0.3 is 0 Å². The van der Waals surface area contributed by atoms with E-state index in [1.165, 1.54) is 11.3 Å². The molecule has 0 saturated carbocycles. The Morgan fingerprint density at radius 3 is 3.04 bits per heavy atom. The van der Waals surface area contributed by atoms with E-state index in [1.807, 2.05) is 46.7 Å². The summed E-state index contributed by atoms with van der Waals surface area (Å²) in [5.41, 5.74) is 0.824. The quantitative estimate of drug-likeness (QED) is 0.699. The molecule has 0 aliphatic carbocycles. The molecule has 134 valence electrons. The van der Waals surface area contributed by atoms with Gasteiger partial charge in [0.05, 0.1) is 17.9 Å². The Hall–Kier alpha value is -2.67. The number of thiophene rings is 1. The van der Waals surface area contributed by atoms with Crippen molar-refractivity contribution < 1.29 is 13.9 Å². The number of piperidine rings is 1. The predicted octanol–water partition coefficient (Wildman–Crippen LogP) is 3.83. The van der Waals surface area contributed by atoms with Crippen molar-refractivity contribution in [1.29, 1.82) is 0 Å². The van der Waals surface area contributed by atoms with Gasteiger partial charge in [0.15, 0.2) is 0 Å². The summed E-state index contributed by atoms with van der Waals surface area (Å²) in [5.74, 6) is 1.96. The number of hydrogen-bond donors (Lipinski definition) is 0. The molecule has 0 unspecified atom stereocenters. The first-order valence-electron chi connectivity index (χ1n) is 8.55. The smallest absolute Gasteiger partial charge is 0.263 e. The fourth-order valence-corrected chi connectivity index (χ4v) is 3.88. The van der Waals surface area contributed by atoms with Gasteiger partial charge in [0.25, 0.3) is 5.91 Å². The van der Waals surface area contributed by atoms with Gasteiger partial charge in [0, 0.05) is 18.7 Å². The first kappa shape index (κ1) is 16.8. The topological polar surface area (TPSA) is 68.5 Å². The van der Waals surface area contributed by atoms with Crippen LogP contribution in [0.2, 0.25) is 0 Å². The Kier molecular flexibility index (Phi) is 4.71. The summed E-state index contributed by atoms with van der Waals surface area (Å²) < 4.78 is 11.2. The molecule has 26 heavy (non-hydrogen) atoms. The van der Waals surface area contributed by atoms with Gasteiger partial charge in [-0.2, -0.15) is 0 Å². The Morgan fingerprint density at radius 1 is 1.31 bits per heavy atom. The van der Waals surface area contributed by atoms with Crippen LogP contribution in [0.5, 0.6) is 5.75 Å². The Balaban J connectivity index is 1.51. The number of ether oxygens (including phenoxy) is 1. The largest absolute Gasteiger partial charge is 0.497 e. The molecule has 1 aliphatic rings. The van der Waals surface area contributed by atoms with Gasteiger partial charge in [0.2, 0.25) is 11.8 Å². The second kappa shape index (κ2) is 7.29. The highest BCUT2D eigenvalue weighted by atomic mass is 32.1. The van der Waals surface area contributed by atoms with E-state index in [1.54, 1.807) is 7.11 Å². The highest BCUT2D eigenvalue weighted by Crippen LogP contribution is 2.30. The molecule has 2 aromatic heterocycles. The highest BCUT2D eigenvalue weighted by molar-refractivity contribution is 7.12. The summed E-state index contributed by atoms with van der Waals surface area (Å²) in [6.45, 7) is 1.38. The maximum Gasteiger partial charge on any atom is 0.263 e. The number of carbonyl (C=O) groups excluding carboxylic acids is 1. The third kappa shape index (κ3) is 3.35. The third-order valence-electron chi connectivity index (χ3n) is 4.55. The zero-order chi connectivity index (χ0) is 17.9. The molecule has 4 rings (SSSR count). The summed E-state index contributed by atoms with van der Waals surface area (Å²) in [5, 5.41) is 10.3. The summed E-state index contributed by atoms with van der Waals surface area (Å²) in [6.07, 6.45) is 1.87. The normalized spacial score (nSPS) is 17.3. The first-order chi connectivity index (χ1) is 12.7. The fourth-order valence-electron chi connectivity index (χ4n) is 3.19. The van der Waals surface area contributed by atoms with Crippen LogP contribution in [-0.2, 0) is 0 Å². The Bertz CT molecular complexity index is 891. The minimum atomic E-state index is 0.0690. The third-order valence-corrected chi connectivity index (χ3v) is 5.40. The van der Waals surface area contributed by atoms with Gasteiger partial charge < -0.3 is 14.1 Å². The lowest BCUT2D eigenvalue weighted by atomic mass is 9.98. The van der Waals surface area contributed by atoms with Crippen LogP contribution < -0.4 is 4.74 Å². The molecule has 0 spiro atoms. The lowest BCUT2D eigenvalue weighted by molar-refractivity contribution is 0.0703. The molecule has 1 aliphatic heterocycles. The molecule has 0 radical (unpaired) electrons. The molecule has 1 amide bonds. The van der Waals surface area contributed by atoms with Crippen molar-refractivity contribution in [3.05, 3.63) is 52.5 Å². The number of hydrogen-bond acceptors (Lipinski definition) is 6. The van der Waals surface area contributed by atoms with Crippen LogP contribution in [0, 0.1) is 0 Å². The maximum absolute atomic E-state index is 12.6. The average molecular weight is 369 g/mol. The van der Waals surface area contributed by atoms with Gasteiger partial charge in [-0.05, 0) is 42.5 Å². The first-order valence-corrected chi connectivity index (χ1v) is 9.43. The molecule has 6 nitrogen and oxygen atoms in total. The van der Waals surface area contributed by atoms with Crippen molar-refractivity contribution in [1.82, 2.24) is 15.1 Å². The van der Waals surface area contributed by atoms with Crippen LogP contribution in [0.15, 0.2) is 46.2 Å². The standard InChI is InChI=1S/C19H19N3O3S/c1-24-15-7-2-5-13(11-15)17-20-21-18(25-17)14-6-3-9-22(12-14)19(23)16-8-4-10-26-16/h2,4-5,7-8,10-11,14H,3,6,9,12H2,1H3/t14-/m0/s1. The zero-order valence-corrected chi connectivity index (χ0v) is 15.2. The number of rotatable bonds is 4. The highest BCUT2D eigenvalue weighted by Gasteiger charge is 2.29. The molecule has 3 heterocycles. The molecule has 7 heteroatoms. The lowest BCUT2D eigenvalue weighted by Gasteiger charge is -2.30. The predicted molar refractivity (Wildman–Crippen MR) is 98.5 cm³/mol. The molecule has 0 N–H and O–H groups in total. The van der Waals surface area contributed by atoms with E-state index in [4.69, 9.17) is 9.15 Å². The summed E-state index contributed by atoms with van der Waals surface area (Å²) >= 11 is 1.47. The maximum atomic E-state index is 12.6. The molecule has 1 aromatic carbocycles. The van der Waals surface area contributed by atoms with Crippen molar-refractivity contribution in [2.75, 3.05) is 20.2 Å². The van der Waals surface area contributed by atoms with Gasteiger partial charge in [-0.25, -0.2) is 0 Å². The second-order valence-corrected chi connectivity index (χ2v) is 7.19. The molecule has 1 atom stereocenters. The van der Waals surface area contributed by atoms with Crippen LogP contribution in [-0.4, -0.2) is 41.2 Å². The number of carbonyl (C=O) groups is 1. The number of aromatic nitrogens is 2. The number of likely N-dealkylation sites (tertiary alicyclic amines) is 1. The minimum Gasteiger partial charge on any atom is -0.497 e. The van der Waals surface area contributed by atoms with Gasteiger partial charge in [-0.15, -0.1) is 21.5 Å². The molecular weight excluding hydrogens is 350 g/mol. The molecule has 1 saturated heterocycles. The Morgan fingerprint density at radius 2 is 2.23 bits per heavy atom. The fraction of sp³-hybridized carbons (Fsp3) is 0.316. The van der Waals surface area contributed by atoms with Crippen LogP contribution >= 0.6 is 11.3 Å². The van der Waals surface area contributed by atoms with Gasteiger partial charge in [0.1, 0.15) is 5.75 Å². The summed E-state index contributed by atoms with van der Waals surface area (Å²) in [6, 6.07) is 11.3. The van der Waals surface area contributed by atoms with Gasteiger partial charge in [-0.1, -0.05) is 12.1 Å². The number of amides is 1. The lowest BCUT2D eigenvalue weighted by Crippen LogP contribution is -2.38. The van der Waals surface area contributed by atoms with Gasteiger partial charge in [-0.3, -0.25) is 4.79 Å². The number of benzene rings is 1. The van der Waals surface area contributed by atoms with Crippen molar-refractivity contribution in [3.8, 4) is 17.2 Å². The van der Waals surface area contributed by atoms with Crippen LogP contribution in [0.4, 0.5) is 0 Å². The molecule has 1 fully saturated rings. The van der Waals surface area contributed by atoms with Crippen molar-refractivity contribution >= 4 is 17.2 Å². The summed E-state index contributed by atoms with van der Waals surface area (Å²) in [7, 11) is 1.62. The van der Waals surface area contributed by atoms with E-state index in [0.717, 1.165) is 35.6 Å². The van der Waals surface area contributed by atoms with E-state index in [2.05, 4.69) is 10.2 Å². The van der Waals surface area contributed by atoms with Crippen molar-refractivity contribution in [2.45, 2.75) is 18.8 Å². The van der Waals surface area contributed by atoms with Crippen LogP contribution in [0.3, 0.4) is 0 Å². The Labute approximate surface area is 155 Å². The van der Waals surface area contributed by atoms with Crippen LogP contribution in [0.1, 0.15) is 34.3 Å². The number of nitrogens with zero attached hydrogens (tertiary/aromatic N) is 3. The molecular formula is C19H19N3O3S. The molecule has 0 bridgehead atoms. The monoisotopic (exact) mass is 369 g/mol. The van der Waals surface area contributed by atoms with Crippen LogP contribution in [0.25, 0.3) is 11.5 Å². The SMILES string of the molecule is COc1cccc(-c2nnc([C@H]3CCCN(C(=O)c4cccs4)C3)o2)c1. The number of methoxy groups -OCH3 is 1. The minimum absolute atomic E-state index is 0.0690. The summed E-state index contributed by atoms with van der Waals surface area (Å²) in [4.78, 5) is 15.2. The van der Waals surface area contributed by atoms with E-state index < -0.39 is 0 Å².